The van der Waals surface area contributed by atoms with Crippen molar-refractivity contribution in [2.75, 3.05) is 25.6 Å². The van der Waals surface area contributed by atoms with Crippen molar-refractivity contribution in [3.63, 3.8) is 0 Å². The topological polar surface area (TPSA) is 56.3 Å². The molecule has 0 saturated heterocycles. The Morgan fingerprint density at radius 1 is 1.19 bits per heavy atom. The first-order valence-electron chi connectivity index (χ1n) is 8.61. The van der Waals surface area contributed by atoms with Crippen LogP contribution in [0.4, 0.5) is 5.82 Å². The minimum absolute atomic E-state index is 0.662. The fourth-order valence-corrected chi connectivity index (χ4v) is 3.58. The molecule has 0 radical (unpaired) electrons. The molecule has 3 rings (SSSR count). The van der Waals surface area contributed by atoms with E-state index in [2.05, 4.69) is 28.3 Å². The van der Waals surface area contributed by atoms with Gasteiger partial charge in [-0.1, -0.05) is 12.1 Å². The number of hydrogen-bond donors (Lipinski definition) is 1. The molecule has 0 amide bonds. The summed E-state index contributed by atoms with van der Waals surface area (Å²) in [6.07, 6.45) is 2.45. The van der Waals surface area contributed by atoms with Gasteiger partial charge in [0.1, 0.15) is 23.6 Å². The van der Waals surface area contributed by atoms with Crippen LogP contribution in [0.2, 0.25) is 0 Å². The van der Waals surface area contributed by atoms with Crippen LogP contribution in [0.15, 0.2) is 42.0 Å². The zero-order valence-corrected chi connectivity index (χ0v) is 16.1. The Hall–Kier alpha value is -2.60. The van der Waals surface area contributed by atoms with Crippen molar-refractivity contribution < 1.29 is 9.47 Å². The first-order chi connectivity index (χ1) is 12.7. The standard InChI is InChI=1S/C20H23N3O2S/c1-4-25-15-10-19(26-12-15)17-11-20(23-13-22-17)21-9-8-16-14(2)6-5-7-18(16)24-3/h5-7,10-13H,4,8-9H2,1-3H3,(H,21,22,23). The lowest BCUT2D eigenvalue weighted by atomic mass is 10.0. The summed E-state index contributed by atoms with van der Waals surface area (Å²) in [5, 5.41) is 5.38. The third-order valence-corrected chi connectivity index (χ3v) is 5.01. The van der Waals surface area contributed by atoms with E-state index in [9.17, 15) is 0 Å². The third kappa shape index (κ3) is 4.32. The van der Waals surface area contributed by atoms with E-state index in [-0.39, 0.29) is 0 Å². The highest BCUT2D eigenvalue weighted by molar-refractivity contribution is 7.13. The molecule has 0 saturated carbocycles. The lowest BCUT2D eigenvalue weighted by Gasteiger charge is -2.12. The Morgan fingerprint density at radius 3 is 2.88 bits per heavy atom. The normalized spacial score (nSPS) is 10.6. The number of rotatable bonds is 8. The molecule has 0 bridgehead atoms. The van der Waals surface area contributed by atoms with Crippen LogP contribution >= 0.6 is 11.3 Å². The lowest BCUT2D eigenvalue weighted by molar-refractivity contribution is 0.342. The van der Waals surface area contributed by atoms with Crippen LogP contribution in [0.3, 0.4) is 0 Å². The van der Waals surface area contributed by atoms with Crippen molar-refractivity contribution in [3.8, 4) is 22.1 Å². The molecule has 2 aromatic heterocycles. The monoisotopic (exact) mass is 369 g/mol. The van der Waals surface area contributed by atoms with Gasteiger partial charge in [-0.3, -0.25) is 0 Å². The fraction of sp³-hybridized carbons (Fsp3) is 0.300. The quantitative estimate of drug-likeness (QED) is 0.630. The largest absolute Gasteiger partial charge is 0.496 e. The molecular formula is C20H23N3O2S. The molecule has 6 heteroatoms. The summed E-state index contributed by atoms with van der Waals surface area (Å²) in [5.74, 6) is 2.62. The van der Waals surface area contributed by atoms with Gasteiger partial charge in [0, 0.05) is 24.1 Å². The summed E-state index contributed by atoms with van der Waals surface area (Å²) >= 11 is 1.62. The number of methoxy groups -OCH3 is 1. The van der Waals surface area contributed by atoms with E-state index in [0.717, 1.165) is 40.9 Å². The summed E-state index contributed by atoms with van der Waals surface area (Å²) < 4.78 is 11.0. The van der Waals surface area contributed by atoms with Crippen LogP contribution in [0, 0.1) is 6.92 Å². The van der Waals surface area contributed by atoms with Crippen molar-refractivity contribution in [2.24, 2.45) is 0 Å². The van der Waals surface area contributed by atoms with Gasteiger partial charge < -0.3 is 14.8 Å². The van der Waals surface area contributed by atoms with E-state index in [4.69, 9.17) is 9.47 Å². The second-order valence-corrected chi connectivity index (χ2v) is 6.71. The number of thiophene rings is 1. The van der Waals surface area contributed by atoms with Crippen molar-refractivity contribution in [1.29, 1.82) is 0 Å². The van der Waals surface area contributed by atoms with Crippen LogP contribution in [-0.2, 0) is 6.42 Å². The molecule has 26 heavy (non-hydrogen) atoms. The van der Waals surface area contributed by atoms with Gasteiger partial charge in [-0.05, 0) is 37.5 Å². The summed E-state index contributed by atoms with van der Waals surface area (Å²) in [6, 6.07) is 10.1. The van der Waals surface area contributed by atoms with E-state index in [1.54, 1.807) is 24.8 Å². The maximum absolute atomic E-state index is 5.52. The van der Waals surface area contributed by atoms with Gasteiger partial charge in [-0.25, -0.2) is 9.97 Å². The van der Waals surface area contributed by atoms with E-state index in [1.165, 1.54) is 11.1 Å². The van der Waals surface area contributed by atoms with Gasteiger partial charge in [-0.15, -0.1) is 11.3 Å². The number of benzene rings is 1. The molecule has 0 aliphatic carbocycles. The van der Waals surface area contributed by atoms with Crippen LogP contribution in [0.1, 0.15) is 18.1 Å². The Balaban J connectivity index is 1.66. The average molecular weight is 369 g/mol. The van der Waals surface area contributed by atoms with Gasteiger partial charge in [-0.2, -0.15) is 0 Å². The Bertz CT molecular complexity index is 864. The molecule has 2 heterocycles. The summed E-state index contributed by atoms with van der Waals surface area (Å²) in [6.45, 7) is 5.52. The van der Waals surface area contributed by atoms with Crippen LogP contribution in [0.25, 0.3) is 10.6 Å². The molecule has 136 valence electrons. The zero-order chi connectivity index (χ0) is 18.4. The molecule has 0 unspecified atom stereocenters. The number of nitrogens with one attached hydrogen (secondary N) is 1. The number of aromatic nitrogens is 2. The molecular weight excluding hydrogens is 346 g/mol. The van der Waals surface area contributed by atoms with Crippen LogP contribution in [0.5, 0.6) is 11.5 Å². The number of hydrogen-bond acceptors (Lipinski definition) is 6. The molecule has 5 nitrogen and oxygen atoms in total. The van der Waals surface area contributed by atoms with Crippen LogP contribution < -0.4 is 14.8 Å². The number of ether oxygens (including phenoxy) is 2. The number of aryl methyl sites for hydroxylation is 1. The van der Waals surface area contributed by atoms with Crippen LogP contribution in [-0.4, -0.2) is 30.2 Å². The first-order valence-corrected chi connectivity index (χ1v) is 9.49. The van der Waals surface area contributed by atoms with Crippen molar-refractivity contribution >= 4 is 17.2 Å². The van der Waals surface area contributed by atoms with Gasteiger partial charge >= 0.3 is 0 Å². The molecule has 1 N–H and O–H groups in total. The Labute approximate surface area is 158 Å². The van der Waals surface area contributed by atoms with E-state index in [1.807, 2.05) is 36.6 Å². The molecule has 3 aromatic rings. The van der Waals surface area contributed by atoms with E-state index in [0.29, 0.717) is 6.61 Å². The molecule has 0 fully saturated rings. The smallest absolute Gasteiger partial charge is 0.130 e. The predicted octanol–water partition coefficient (Wildman–Crippen LogP) is 4.58. The molecule has 1 aromatic carbocycles. The van der Waals surface area contributed by atoms with Gasteiger partial charge in [0.05, 0.1) is 24.3 Å². The van der Waals surface area contributed by atoms with Crippen molar-refractivity contribution in [2.45, 2.75) is 20.3 Å². The molecule has 0 spiro atoms. The molecule has 0 aliphatic heterocycles. The summed E-state index contributed by atoms with van der Waals surface area (Å²) in [7, 11) is 1.71. The third-order valence-electron chi connectivity index (χ3n) is 4.07. The average Bonchev–Trinajstić information content (AvgIpc) is 3.12. The summed E-state index contributed by atoms with van der Waals surface area (Å²) in [5.41, 5.74) is 3.35. The minimum atomic E-state index is 0.662. The van der Waals surface area contributed by atoms with Gasteiger partial charge in [0.2, 0.25) is 0 Å². The maximum Gasteiger partial charge on any atom is 0.130 e. The van der Waals surface area contributed by atoms with Crippen molar-refractivity contribution in [1.82, 2.24) is 9.97 Å². The highest BCUT2D eigenvalue weighted by Crippen LogP contribution is 2.30. The van der Waals surface area contributed by atoms with Gasteiger partial charge in [0.25, 0.3) is 0 Å². The zero-order valence-electron chi connectivity index (χ0n) is 15.3. The maximum atomic E-state index is 5.52. The second kappa shape index (κ2) is 8.67. The SMILES string of the molecule is CCOc1csc(-c2cc(NCCc3c(C)cccc3OC)ncn2)c1. The fourth-order valence-electron chi connectivity index (χ4n) is 2.79. The molecule has 0 aliphatic rings. The Kier molecular flexibility index (Phi) is 6.07. The van der Waals surface area contributed by atoms with E-state index < -0.39 is 0 Å². The second-order valence-electron chi connectivity index (χ2n) is 5.80. The molecule has 0 atom stereocenters. The van der Waals surface area contributed by atoms with Gasteiger partial charge in [0.15, 0.2) is 0 Å². The summed E-state index contributed by atoms with van der Waals surface area (Å²) in [4.78, 5) is 9.77. The Morgan fingerprint density at radius 2 is 2.08 bits per heavy atom. The highest BCUT2D eigenvalue weighted by atomic mass is 32.1. The predicted molar refractivity (Wildman–Crippen MR) is 106 cm³/mol. The first kappa shape index (κ1) is 18.2. The van der Waals surface area contributed by atoms with Crippen molar-refractivity contribution in [3.05, 3.63) is 53.2 Å². The van der Waals surface area contributed by atoms with E-state index >= 15 is 0 Å². The number of nitrogens with zero attached hydrogens (tertiary/aromatic N) is 2. The highest BCUT2D eigenvalue weighted by Gasteiger charge is 2.08. The lowest BCUT2D eigenvalue weighted by Crippen LogP contribution is -2.08. The number of anilines is 1. The minimum Gasteiger partial charge on any atom is -0.496 e.